The van der Waals surface area contributed by atoms with Crippen LogP contribution >= 0.6 is 0 Å². The number of benzene rings is 1. The lowest BCUT2D eigenvalue weighted by atomic mass is 10.2. The van der Waals surface area contributed by atoms with E-state index in [0.29, 0.717) is 16.7 Å². The molecule has 5 heteroatoms. The van der Waals surface area contributed by atoms with Crippen LogP contribution in [0.25, 0.3) is 11.0 Å². The zero-order chi connectivity index (χ0) is 10.8. The van der Waals surface area contributed by atoms with Crippen LogP contribution < -0.4 is 16.5 Å². The van der Waals surface area contributed by atoms with Gasteiger partial charge >= 0.3 is 6.03 Å². The van der Waals surface area contributed by atoms with Gasteiger partial charge in [-0.1, -0.05) is 0 Å². The molecule has 0 fully saturated rings. The molecule has 0 bridgehead atoms. The highest BCUT2D eigenvalue weighted by atomic mass is 16.3. The van der Waals surface area contributed by atoms with Crippen LogP contribution in [0.3, 0.4) is 0 Å². The summed E-state index contributed by atoms with van der Waals surface area (Å²) in [5.41, 5.74) is 5.73. The van der Waals surface area contributed by atoms with Crippen molar-refractivity contribution in [2.75, 3.05) is 5.32 Å². The molecular formula is C10H8N2O3. The lowest BCUT2D eigenvalue weighted by molar-refractivity contribution is 0.259. The zero-order valence-electron chi connectivity index (χ0n) is 7.69. The van der Waals surface area contributed by atoms with Crippen molar-refractivity contribution in [2.45, 2.75) is 0 Å². The largest absolute Gasteiger partial charge is 0.464 e. The SMILES string of the molecule is NC(=O)Nc1ccc2occc(=O)c2c1. The Morgan fingerprint density at radius 1 is 1.33 bits per heavy atom. The Balaban J connectivity index is 2.59. The van der Waals surface area contributed by atoms with Gasteiger partial charge in [-0.25, -0.2) is 4.79 Å². The van der Waals surface area contributed by atoms with Gasteiger partial charge in [-0.3, -0.25) is 4.79 Å². The maximum atomic E-state index is 11.4. The topological polar surface area (TPSA) is 85.3 Å². The number of carbonyl (C=O) groups excluding carboxylic acids is 1. The second-order valence-electron chi connectivity index (χ2n) is 2.99. The summed E-state index contributed by atoms with van der Waals surface area (Å²) in [5.74, 6) is 0. The van der Waals surface area contributed by atoms with Gasteiger partial charge in [-0.2, -0.15) is 0 Å². The number of rotatable bonds is 1. The summed E-state index contributed by atoms with van der Waals surface area (Å²) in [4.78, 5) is 22.0. The first-order valence-corrected chi connectivity index (χ1v) is 4.25. The van der Waals surface area contributed by atoms with Gasteiger partial charge in [0.15, 0.2) is 5.43 Å². The molecule has 0 aliphatic rings. The monoisotopic (exact) mass is 204 g/mol. The highest BCUT2D eigenvalue weighted by Gasteiger charge is 2.02. The average molecular weight is 204 g/mol. The molecule has 1 aromatic heterocycles. The summed E-state index contributed by atoms with van der Waals surface area (Å²) in [6.45, 7) is 0. The molecule has 0 radical (unpaired) electrons. The first-order valence-electron chi connectivity index (χ1n) is 4.25. The van der Waals surface area contributed by atoms with E-state index in [1.54, 1.807) is 12.1 Å². The minimum atomic E-state index is -0.672. The predicted molar refractivity (Wildman–Crippen MR) is 55.7 cm³/mol. The Morgan fingerprint density at radius 3 is 2.87 bits per heavy atom. The maximum absolute atomic E-state index is 11.4. The van der Waals surface area contributed by atoms with E-state index < -0.39 is 6.03 Å². The van der Waals surface area contributed by atoms with Crippen LogP contribution in [0.15, 0.2) is 39.7 Å². The van der Waals surface area contributed by atoms with E-state index in [0.717, 1.165) is 0 Å². The molecule has 0 aliphatic carbocycles. The molecule has 0 spiro atoms. The van der Waals surface area contributed by atoms with Crippen molar-refractivity contribution >= 4 is 22.7 Å². The molecule has 0 unspecified atom stereocenters. The number of amides is 2. The Bertz CT molecular complexity index is 574. The third-order valence-electron chi connectivity index (χ3n) is 1.93. The normalized spacial score (nSPS) is 10.1. The summed E-state index contributed by atoms with van der Waals surface area (Å²) in [6.07, 6.45) is 1.33. The third kappa shape index (κ3) is 1.80. The van der Waals surface area contributed by atoms with Crippen molar-refractivity contribution in [3.63, 3.8) is 0 Å². The molecule has 2 amide bonds. The smallest absolute Gasteiger partial charge is 0.316 e. The summed E-state index contributed by atoms with van der Waals surface area (Å²) < 4.78 is 5.11. The number of hydrogen-bond donors (Lipinski definition) is 2. The van der Waals surface area contributed by atoms with E-state index in [1.807, 2.05) is 0 Å². The van der Waals surface area contributed by atoms with Gasteiger partial charge in [0, 0.05) is 11.8 Å². The van der Waals surface area contributed by atoms with Crippen LogP contribution in [0.1, 0.15) is 0 Å². The third-order valence-corrected chi connectivity index (χ3v) is 1.93. The van der Waals surface area contributed by atoms with Gasteiger partial charge in [0.05, 0.1) is 11.6 Å². The molecule has 2 rings (SSSR count). The van der Waals surface area contributed by atoms with Crippen LogP contribution in [-0.4, -0.2) is 6.03 Å². The number of nitrogens with two attached hydrogens (primary N) is 1. The average Bonchev–Trinajstić information content (AvgIpc) is 2.18. The van der Waals surface area contributed by atoms with Crippen LogP contribution in [0.2, 0.25) is 0 Å². The van der Waals surface area contributed by atoms with Gasteiger partial charge in [-0.05, 0) is 18.2 Å². The van der Waals surface area contributed by atoms with E-state index in [-0.39, 0.29) is 5.43 Å². The van der Waals surface area contributed by atoms with Crippen LogP contribution in [0.4, 0.5) is 10.5 Å². The summed E-state index contributed by atoms with van der Waals surface area (Å²) in [6, 6.07) is 5.37. The fraction of sp³-hybridized carbons (Fsp3) is 0. The van der Waals surface area contributed by atoms with Crippen molar-refractivity contribution in [3.05, 3.63) is 40.8 Å². The first-order chi connectivity index (χ1) is 7.16. The molecule has 0 aliphatic heterocycles. The van der Waals surface area contributed by atoms with E-state index in [2.05, 4.69) is 5.32 Å². The van der Waals surface area contributed by atoms with Gasteiger partial charge in [0.1, 0.15) is 5.58 Å². The number of primary amides is 1. The Hall–Kier alpha value is -2.30. The molecule has 15 heavy (non-hydrogen) atoms. The Labute approximate surface area is 84.5 Å². The highest BCUT2D eigenvalue weighted by Crippen LogP contribution is 2.15. The van der Waals surface area contributed by atoms with Crippen LogP contribution in [-0.2, 0) is 0 Å². The standard InChI is InChI=1S/C10H8N2O3/c11-10(14)12-6-1-2-9-7(5-6)8(13)3-4-15-9/h1-5H,(H3,11,12,14). The summed E-state index contributed by atoms with van der Waals surface area (Å²) in [5, 5.41) is 2.79. The van der Waals surface area contributed by atoms with Crippen LogP contribution in [0, 0.1) is 0 Å². The Morgan fingerprint density at radius 2 is 2.13 bits per heavy atom. The number of urea groups is 1. The van der Waals surface area contributed by atoms with E-state index in [1.165, 1.54) is 18.4 Å². The number of anilines is 1. The van der Waals surface area contributed by atoms with Crippen molar-refractivity contribution in [1.29, 1.82) is 0 Å². The number of carbonyl (C=O) groups is 1. The number of fused-ring (bicyclic) bond motifs is 1. The first kappa shape index (κ1) is 9.26. The Kier molecular flexibility index (Phi) is 2.13. The second-order valence-corrected chi connectivity index (χ2v) is 2.99. The lowest BCUT2D eigenvalue weighted by Gasteiger charge is -2.01. The molecule has 0 atom stereocenters. The van der Waals surface area contributed by atoms with Gasteiger partial charge in [0.25, 0.3) is 0 Å². The van der Waals surface area contributed by atoms with E-state index in [4.69, 9.17) is 10.2 Å². The van der Waals surface area contributed by atoms with Crippen molar-refractivity contribution in [2.24, 2.45) is 5.73 Å². The molecule has 2 aromatic rings. The number of nitrogens with one attached hydrogen (secondary N) is 1. The molecule has 76 valence electrons. The minimum Gasteiger partial charge on any atom is -0.464 e. The number of hydrogen-bond acceptors (Lipinski definition) is 3. The quantitative estimate of drug-likeness (QED) is 0.733. The molecule has 0 saturated carbocycles. The second kappa shape index (κ2) is 3.45. The van der Waals surface area contributed by atoms with Gasteiger partial charge in [-0.15, -0.1) is 0 Å². The van der Waals surface area contributed by atoms with Crippen LogP contribution in [0.5, 0.6) is 0 Å². The van der Waals surface area contributed by atoms with Crippen molar-refractivity contribution in [1.82, 2.24) is 0 Å². The minimum absolute atomic E-state index is 0.163. The zero-order valence-corrected chi connectivity index (χ0v) is 7.69. The molecule has 5 nitrogen and oxygen atoms in total. The lowest BCUT2D eigenvalue weighted by Crippen LogP contribution is -2.19. The van der Waals surface area contributed by atoms with E-state index >= 15 is 0 Å². The molecule has 0 saturated heterocycles. The molecule has 1 aromatic carbocycles. The fourth-order valence-corrected chi connectivity index (χ4v) is 1.30. The highest BCUT2D eigenvalue weighted by molar-refractivity contribution is 5.91. The maximum Gasteiger partial charge on any atom is 0.316 e. The molecule has 3 N–H and O–H groups in total. The molecule has 1 heterocycles. The van der Waals surface area contributed by atoms with Crippen molar-refractivity contribution in [3.8, 4) is 0 Å². The summed E-state index contributed by atoms with van der Waals surface area (Å²) in [7, 11) is 0. The predicted octanol–water partition coefficient (Wildman–Crippen LogP) is 1.28. The van der Waals surface area contributed by atoms with Crippen molar-refractivity contribution < 1.29 is 9.21 Å². The van der Waals surface area contributed by atoms with Gasteiger partial charge < -0.3 is 15.5 Å². The van der Waals surface area contributed by atoms with Gasteiger partial charge in [0.2, 0.25) is 0 Å². The summed E-state index contributed by atoms with van der Waals surface area (Å²) >= 11 is 0. The van der Waals surface area contributed by atoms with E-state index in [9.17, 15) is 9.59 Å². The fourth-order valence-electron chi connectivity index (χ4n) is 1.30. The molecular weight excluding hydrogens is 196 g/mol.